The summed E-state index contributed by atoms with van der Waals surface area (Å²) in [6.07, 6.45) is 6.94. The first-order chi connectivity index (χ1) is 26.8. The van der Waals surface area contributed by atoms with Gasteiger partial charge in [-0.05, 0) is 134 Å². The summed E-state index contributed by atoms with van der Waals surface area (Å²) < 4.78 is 5.19. The summed E-state index contributed by atoms with van der Waals surface area (Å²) in [7, 11) is 0. The molecule has 12 rings (SSSR count). The molecule has 0 saturated carbocycles. The Kier molecular flexibility index (Phi) is 6.40. The molecule has 2 aromatic heterocycles. The number of rotatable bonds is 4. The Balaban J connectivity index is 1.05. The van der Waals surface area contributed by atoms with Gasteiger partial charge in [0.15, 0.2) is 0 Å². The smallest absolute Gasteiger partial charge is 0.0541 e. The Labute approximate surface area is 317 Å². The molecule has 0 unspecified atom stereocenters. The summed E-state index contributed by atoms with van der Waals surface area (Å²) >= 11 is 1.93. The highest BCUT2D eigenvalue weighted by molar-refractivity contribution is 7.26. The van der Waals surface area contributed by atoms with Crippen molar-refractivity contribution < 1.29 is 0 Å². The van der Waals surface area contributed by atoms with Crippen molar-refractivity contribution in [1.29, 1.82) is 0 Å². The van der Waals surface area contributed by atoms with Crippen LogP contribution in [0.1, 0.15) is 24.0 Å². The molecule has 0 aliphatic heterocycles. The second kappa shape index (κ2) is 11.5. The first-order valence-electron chi connectivity index (χ1n) is 18.9. The lowest BCUT2D eigenvalue weighted by Gasteiger charge is -2.14. The third-order valence-electron chi connectivity index (χ3n) is 11.8. The fraction of sp³-hybridized carbons (Fsp3) is 0.0385. The normalized spacial score (nSPS) is 13.6. The number of hydrogen-bond acceptors (Lipinski definition) is 1. The molecule has 2 aliphatic carbocycles. The second-order valence-corrected chi connectivity index (χ2v) is 15.8. The summed E-state index contributed by atoms with van der Waals surface area (Å²) in [6, 6.07) is 60.9. The number of thiophene rings is 1. The van der Waals surface area contributed by atoms with E-state index in [-0.39, 0.29) is 0 Å². The van der Waals surface area contributed by atoms with E-state index >= 15 is 0 Å². The van der Waals surface area contributed by atoms with E-state index in [0.29, 0.717) is 0 Å². The van der Waals surface area contributed by atoms with Gasteiger partial charge in [-0.3, -0.25) is 0 Å². The lowest BCUT2D eigenvalue weighted by Crippen LogP contribution is -1.96. The summed E-state index contributed by atoms with van der Waals surface area (Å²) in [4.78, 5) is 0. The molecule has 2 aliphatic rings. The van der Waals surface area contributed by atoms with Crippen molar-refractivity contribution in [3.05, 3.63) is 187 Å². The van der Waals surface area contributed by atoms with Crippen molar-refractivity contribution >= 4 is 75.2 Å². The van der Waals surface area contributed by atoms with Crippen LogP contribution in [0, 0.1) is 0 Å². The average molecular weight is 704 g/mol. The highest BCUT2D eigenvalue weighted by Crippen LogP contribution is 2.51. The Morgan fingerprint density at radius 1 is 0.426 bits per heavy atom. The van der Waals surface area contributed by atoms with Crippen LogP contribution in [0.15, 0.2) is 176 Å². The van der Waals surface area contributed by atoms with E-state index in [1.807, 2.05) is 11.3 Å². The molecule has 252 valence electrons. The molecule has 0 saturated heterocycles. The molecule has 0 N–H and O–H groups in total. The third kappa shape index (κ3) is 4.38. The highest BCUT2D eigenvalue weighted by Gasteiger charge is 2.26. The Morgan fingerprint density at radius 2 is 1.11 bits per heavy atom. The molecular weight excluding hydrogens is 671 g/mol. The van der Waals surface area contributed by atoms with Crippen LogP contribution in [-0.4, -0.2) is 4.57 Å². The first-order valence-corrected chi connectivity index (χ1v) is 19.7. The Morgan fingerprint density at radius 3 is 1.91 bits per heavy atom. The van der Waals surface area contributed by atoms with Crippen LogP contribution < -0.4 is 0 Å². The van der Waals surface area contributed by atoms with Gasteiger partial charge in [0, 0.05) is 36.6 Å². The monoisotopic (exact) mass is 703 g/mol. The molecule has 54 heavy (non-hydrogen) atoms. The summed E-state index contributed by atoms with van der Waals surface area (Å²) in [5.74, 6) is 0. The topological polar surface area (TPSA) is 4.93 Å². The quantitative estimate of drug-likeness (QED) is 0.172. The largest absolute Gasteiger partial charge is 0.309 e. The van der Waals surface area contributed by atoms with Gasteiger partial charge in [-0.15, -0.1) is 11.3 Å². The number of benzene rings is 8. The minimum absolute atomic E-state index is 1.12. The molecule has 0 spiro atoms. The summed E-state index contributed by atoms with van der Waals surface area (Å²) in [6.45, 7) is 0. The van der Waals surface area contributed by atoms with Crippen molar-refractivity contribution in [2.45, 2.75) is 12.8 Å². The highest BCUT2D eigenvalue weighted by atomic mass is 32.1. The van der Waals surface area contributed by atoms with E-state index in [1.165, 1.54) is 108 Å². The van der Waals surface area contributed by atoms with Gasteiger partial charge in [-0.2, -0.15) is 0 Å². The zero-order valence-electron chi connectivity index (χ0n) is 29.5. The van der Waals surface area contributed by atoms with E-state index in [0.717, 1.165) is 18.5 Å². The number of fused-ring (bicyclic) bond motifs is 9. The van der Waals surface area contributed by atoms with Gasteiger partial charge in [-0.25, -0.2) is 0 Å². The van der Waals surface area contributed by atoms with Crippen LogP contribution in [-0.2, 0) is 0 Å². The maximum absolute atomic E-state index is 2.49. The molecule has 0 bridgehead atoms. The van der Waals surface area contributed by atoms with Gasteiger partial charge in [-0.1, -0.05) is 121 Å². The predicted octanol–water partition coefficient (Wildman–Crippen LogP) is 14.9. The summed E-state index contributed by atoms with van der Waals surface area (Å²) in [5.41, 5.74) is 16.7. The standard InChI is InChI=1S/C52H33NS/c1-3-12-32(13-4-1)36-26-37(33-14-5-2-6-15-33)28-38(27-36)53-47-21-10-9-18-41(47)44-29-34(22-24-48(44)53)35-23-25-49-46(30-35)52-43-20-11-19-42-39-16-7-8-17-40(39)45(51(42)43)31-50(52)54-49/h1-7,9-16,18-31H,8,17H2. The van der Waals surface area contributed by atoms with Gasteiger partial charge < -0.3 is 4.57 Å². The minimum atomic E-state index is 1.12. The van der Waals surface area contributed by atoms with E-state index in [1.54, 1.807) is 0 Å². The number of aromatic nitrogens is 1. The van der Waals surface area contributed by atoms with Gasteiger partial charge in [0.05, 0.1) is 11.0 Å². The second-order valence-electron chi connectivity index (χ2n) is 14.8. The van der Waals surface area contributed by atoms with E-state index < -0.39 is 0 Å². The number of allylic oxidation sites excluding steroid dienone is 4. The van der Waals surface area contributed by atoms with Crippen molar-refractivity contribution in [2.24, 2.45) is 0 Å². The van der Waals surface area contributed by atoms with Crippen molar-refractivity contribution in [3.63, 3.8) is 0 Å². The van der Waals surface area contributed by atoms with Crippen molar-refractivity contribution in [2.75, 3.05) is 0 Å². The maximum atomic E-state index is 2.49. The fourth-order valence-electron chi connectivity index (χ4n) is 9.35. The lowest BCUT2D eigenvalue weighted by atomic mass is 9.94. The van der Waals surface area contributed by atoms with Gasteiger partial charge in [0.2, 0.25) is 0 Å². The minimum Gasteiger partial charge on any atom is -0.309 e. The van der Waals surface area contributed by atoms with E-state index in [2.05, 4.69) is 181 Å². The van der Waals surface area contributed by atoms with E-state index in [4.69, 9.17) is 0 Å². The maximum Gasteiger partial charge on any atom is 0.0541 e. The van der Waals surface area contributed by atoms with Crippen molar-refractivity contribution in [3.8, 4) is 39.1 Å². The van der Waals surface area contributed by atoms with Crippen LogP contribution >= 0.6 is 11.3 Å². The molecule has 0 atom stereocenters. The van der Waals surface area contributed by atoms with Crippen LogP contribution in [0.25, 0.3) is 103 Å². The lowest BCUT2D eigenvalue weighted by molar-refractivity contribution is 1.06. The fourth-order valence-corrected chi connectivity index (χ4v) is 10.5. The molecule has 2 heterocycles. The zero-order chi connectivity index (χ0) is 35.3. The van der Waals surface area contributed by atoms with Crippen LogP contribution in [0.3, 0.4) is 0 Å². The zero-order valence-corrected chi connectivity index (χ0v) is 30.3. The van der Waals surface area contributed by atoms with Crippen LogP contribution in [0.2, 0.25) is 0 Å². The molecule has 0 amide bonds. The molecule has 0 radical (unpaired) electrons. The number of hydrogen-bond donors (Lipinski definition) is 0. The molecule has 1 nitrogen and oxygen atoms in total. The van der Waals surface area contributed by atoms with Gasteiger partial charge >= 0.3 is 0 Å². The molecular formula is C52H33NS. The Bertz CT molecular complexity index is 3190. The number of nitrogens with zero attached hydrogens (tertiary/aromatic N) is 1. The van der Waals surface area contributed by atoms with Gasteiger partial charge in [0.25, 0.3) is 0 Å². The average Bonchev–Trinajstić information content (AvgIpc) is 3.89. The molecule has 2 heteroatoms. The first kappa shape index (κ1) is 30.0. The summed E-state index contributed by atoms with van der Waals surface area (Å²) in [5, 5.41) is 8.10. The molecule has 0 fully saturated rings. The Hall–Kier alpha value is -6.48. The van der Waals surface area contributed by atoms with Crippen LogP contribution in [0.5, 0.6) is 0 Å². The third-order valence-corrected chi connectivity index (χ3v) is 12.9. The SMILES string of the molecule is C1=CC2=C(CC1)c1cc3sc4ccc(-c5ccc6c(c5)c5ccccc5n6-c5cc(-c6ccccc6)cc(-c6ccccc6)c5)cc4c3c3cccc2c13. The molecule has 8 aromatic carbocycles. The van der Waals surface area contributed by atoms with Crippen LogP contribution in [0.4, 0.5) is 0 Å². The number of para-hydroxylation sites is 1. The van der Waals surface area contributed by atoms with Gasteiger partial charge in [0.1, 0.15) is 0 Å². The molecule has 10 aromatic rings. The predicted molar refractivity (Wildman–Crippen MR) is 233 cm³/mol. The van der Waals surface area contributed by atoms with E-state index in [9.17, 15) is 0 Å². The van der Waals surface area contributed by atoms with Crippen molar-refractivity contribution in [1.82, 2.24) is 4.57 Å².